The fraction of sp³-hybridized carbons (Fsp3) is 0.294. The van der Waals surface area contributed by atoms with Crippen LogP contribution < -0.4 is 10.1 Å². The lowest BCUT2D eigenvalue weighted by Gasteiger charge is -2.33. The van der Waals surface area contributed by atoms with E-state index >= 15 is 0 Å². The Morgan fingerprint density at radius 1 is 1.10 bits per heavy atom. The van der Waals surface area contributed by atoms with Crippen LogP contribution in [0.15, 0.2) is 42.5 Å². The van der Waals surface area contributed by atoms with Gasteiger partial charge in [-0.25, -0.2) is 4.39 Å². The third-order valence-corrected chi connectivity index (χ3v) is 3.97. The zero-order valence-electron chi connectivity index (χ0n) is 11.8. The van der Waals surface area contributed by atoms with E-state index in [2.05, 4.69) is 11.4 Å². The summed E-state index contributed by atoms with van der Waals surface area (Å²) >= 11 is 0. The van der Waals surface area contributed by atoms with Gasteiger partial charge in [-0.15, -0.1) is 0 Å². The number of rotatable bonds is 3. The molecule has 4 heteroatoms. The Labute approximate surface area is 122 Å². The van der Waals surface area contributed by atoms with E-state index in [1.807, 2.05) is 25.2 Å². The quantitative estimate of drug-likeness (QED) is 0.932. The molecule has 0 fully saturated rings. The minimum absolute atomic E-state index is 0.0281. The lowest BCUT2D eigenvalue weighted by molar-refractivity contribution is 0.132. The standard InChI is InChI=1S/C17H17F2NO/c1-20-17-12-6-3-2-5-11(12)9-10-15(17)21-14-8-4-7-13(18)16(14)19/h2-8,15,17,20H,9-10H2,1H3. The highest BCUT2D eigenvalue weighted by Crippen LogP contribution is 2.33. The predicted molar refractivity (Wildman–Crippen MR) is 77.3 cm³/mol. The van der Waals surface area contributed by atoms with Crippen LogP contribution in [0.2, 0.25) is 0 Å². The average molecular weight is 289 g/mol. The first-order valence-corrected chi connectivity index (χ1v) is 7.06. The van der Waals surface area contributed by atoms with Crippen molar-refractivity contribution in [1.82, 2.24) is 5.32 Å². The van der Waals surface area contributed by atoms with Crippen LogP contribution in [0.1, 0.15) is 23.6 Å². The number of aryl methyl sites for hydroxylation is 1. The van der Waals surface area contributed by atoms with Gasteiger partial charge in [-0.2, -0.15) is 4.39 Å². The van der Waals surface area contributed by atoms with Crippen LogP contribution in [-0.2, 0) is 6.42 Å². The third-order valence-electron chi connectivity index (χ3n) is 3.97. The first-order chi connectivity index (χ1) is 10.2. The van der Waals surface area contributed by atoms with E-state index in [9.17, 15) is 8.78 Å². The van der Waals surface area contributed by atoms with Crippen molar-refractivity contribution in [2.75, 3.05) is 7.05 Å². The van der Waals surface area contributed by atoms with Crippen molar-refractivity contribution in [3.8, 4) is 5.75 Å². The van der Waals surface area contributed by atoms with Crippen molar-refractivity contribution in [3.05, 3.63) is 65.2 Å². The third kappa shape index (κ3) is 2.63. The maximum absolute atomic E-state index is 13.8. The summed E-state index contributed by atoms with van der Waals surface area (Å²) in [6, 6.07) is 12.1. The molecule has 0 spiro atoms. The molecule has 2 unspecified atom stereocenters. The van der Waals surface area contributed by atoms with Gasteiger partial charge in [-0.05, 0) is 43.1 Å². The average Bonchev–Trinajstić information content (AvgIpc) is 2.51. The van der Waals surface area contributed by atoms with Gasteiger partial charge >= 0.3 is 0 Å². The molecule has 0 saturated heterocycles. The van der Waals surface area contributed by atoms with Crippen molar-refractivity contribution < 1.29 is 13.5 Å². The van der Waals surface area contributed by atoms with Crippen LogP contribution in [0.3, 0.4) is 0 Å². The second-order valence-corrected chi connectivity index (χ2v) is 5.21. The summed E-state index contributed by atoms with van der Waals surface area (Å²) in [5.41, 5.74) is 2.43. The minimum atomic E-state index is -0.925. The van der Waals surface area contributed by atoms with Gasteiger partial charge in [0.15, 0.2) is 11.6 Å². The van der Waals surface area contributed by atoms with Gasteiger partial charge in [-0.1, -0.05) is 30.3 Å². The zero-order chi connectivity index (χ0) is 14.8. The van der Waals surface area contributed by atoms with Gasteiger partial charge in [0.1, 0.15) is 6.10 Å². The van der Waals surface area contributed by atoms with Crippen LogP contribution in [0, 0.1) is 11.6 Å². The molecule has 110 valence electrons. The molecule has 0 aromatic heterocycles. The van der Waals surface area contributed by atoms with Crippen molar-refractivity contribution in [2.24, 2.45) is 0 Å². The van der Waals surface area contributed by atoms with E-state index in [1.165, 1.54) is 17.7 Å². The fourth-order valence-corrected chi connectivity index (χ4v) is 2.94. The molecule has 0 aliphatic heterocycles. The second-order valence-electron chi connectivity index (χ2n) is 5.21. The Kier molecular flexibility index (Phi) is 3.88. The molecule has 0 heterocycles. The molecule has 2 aromatic rings. The highest BCUT2D eigenvalue weighted by molar-refractivity contribution is 5.34. The lowest BCUT2D eigenvalue weighted by Crippen LogP contribution is -2.38. The number of nitrogens with one attached hydrogen (secondary N) is 1. The molecule has 2 nitrogen and oxygen atoms in total. The normalized spacial score (nSPS) is 20.9. The molecule has 1 aliphatic carbocycles. The summed E-state index contributed by atoms with van der Waals surface area (Å²) in [6.45, 7) is 0. The van der Waals surface area contributed by atoms with Gasteiger partial charge in [0.2, 0.25) is 5.82 Å². The van der Waals surface area contributed by atoms with Crippen molar-refractivity contribution in [1.29, 1.82) is 0 Å². The van der Waals surface area contributed by atoms with Crippen LogP contribution in [0.5, 0.6) is 5.75 Å². The molecule has 2 atom stereocenters. The highest BCUT2D eigenvalue weighted by Gasteiger charge is 2.30. The largest absolute Gasteiger partial charge is 0.485 e. The van der Waals surface area contributed by atoms with Crippen LogP contribution >= 0.6 is 0 Å². The van der Waals surface area contributed by atoms with Gasteiger partial charge in [-0.3, -0.25) is 0 Å². The Hall–Kier alpha value is -1.94. The molecular weight excluding hydrogens is 272 g/mol. The summed E-state index contributed by atoms with van der Waals surface area (Å²) < 4.78 is 32.8. The molecule has 0 saturated carbocycles. The van der Waals surface area contributed by atoms with Gasteiger partial charge < -0.3 is 10.1 Å². The molecule has 2 aromatic carbocycles. The Bertz CT molecular complexity index is 644. The second kappa shape index (κ2) is 5.82. The molecule has 21 heavy (non-hydrogen) atoms. The van der Waals surface area contributed by atoms with Crippen LogP contribution in [-0.4, -0.2) is 13.2 Å². The number of halogens is 2. The maximum Gasteiger partial charge on any atom is 0.200 e. The Morgan fingerprint density at radius 3 is 2.71 bits per heavy atom. The maximum atomic E-state index is 13.8. The number of ether oxygens (including phenoxy) is 1. The fourth-order valence-electron chi connectivity index (χ4n) is 2.94. The molecule has 0 bridgehead atoms. The summed E-state index contributed by atoms with van der Waals surface area (Å²) in [5, 5.41) is 3.22. The van der Waals surface area contributed by atoms with Crippen molar-refractivity contribution in [3.63, 3.8) is 0 Å². The monoisotopic (exact) mass is 289 g/mol. The Morgan fingerprint density at radius 2 is 1.90 bits per heavy atom. The first kappa shape index (κ1) is 14.0. The number of likely N-dealkylation sites (N-methyl/N-ethyl adjacent to an activating group) is 1. The molecule has 0 radical (unpaired) electrons. The number of benzene rings is 2. The van der Waals surface area contributed by atoms with E-state index in [4.69, 9.17) is 4.74 Å². The van der Waals surface area contributed by atoms with E-state index < -0.39 is 11.6 Å². The van der Waals surface area contributed by atoms with Crippen LogP contribution in [0.25, 0.3) is 0 Å². The van der Waals surface area contributed by atoms with E-state index in [-0.39, 0.29) is 17.9 Å². The lowest BCUT2D eigenvalue weighted by atomic mass is 9.85. The SMILES string of the molecule is CNC1c2ccccc2CCC1Oc1cccc(F)c1F. The minimum Gasteiger partial charge on any atom is -0.485 e. The van der Waals surface area contributed by atoms with Gasteiger partial charge in [0, 0.05) is 0 Å². The smallest absolute Gasteiger partial charge is 0.200 e. The zero-order valence-corrected chi connectivity index (χ0v) is 11.8. The molecule has 3 rings (SSSR count). The number of hydrogen-bond donors (Lipinski definition) is 1. The topological polar surface area (TPSA) is 21.3 Å². The number of fused-ring (bicyclic) bond motifs is 1. The van der Waals surface area contributed by atoms with Gasteiger partial charge in [0.25, 0.3) is 0 Å². The summed E-state index contributed by atoms with van der Waals surface area (Å²) in [6.07, 6.45) is 1.41. The molecular formula is C17H17F2NO. The number of hydrogen-bond acceptors (Lipinski definition) is 2. The molecule has 1 N–H and O–H groups in total. The van der Waals surface area contributed by atoms with Gasteiger partial charge in [0.05, 0.1) is 6.04 Å². The van der Waals surface area contributed by atoms with Crippen molar-refractivity contribution in [2.45, 2.75) is 25.0 Å². The summed E-state index contributed by atoms with van der Waals surface area (Å²) in [5.74, 6) is -1.84. The first-order valence-electron chi connectivity index (χ1n) is 7.06. The van der Waals surface area contributed by atoms with Crippen LogP contribution in [0.4, 0.5) is 8.78 Å². The summed E-state index contributed by atoms with van der Waals surface area (Å²) in [7, 11) is 1.85. The highest BCUT2D eigenvalue weighted by atomic mass is 19.2. The predicted octanol–water partition coefficient (Wildman–Crippen LogP) is 3.62. The van der Waals surface area contributed by atoms with Crippen molar-refractivity contribution >= 4 is 0 Å². The van der Waals surface area contributed by atoms with E-state index in [0.717, 1.165) is 24.5 Å². The van der Waals surface area contributed by atoms with E-state index in [0.29, 0.717) is 0 Å². The Balaban J connectivity index is 1.88. The molecule has 0 amide bonds. The molecule has 1 aliphatic rings. The summed E-state index contributed by atoms with van der Waals surface area (Å²) in [4.78, 5) is 0. The van der Waals surface area contributed by atoms with E-state index in [1.54, 1.807) is 0 Å².